The highest BCUT2D eigenvalue weighted by Crippen LogP contribution is 2.08. The second kappa shape index (κ2) is 10.5. The SMILES string of the molecule is CC(C)[C@@H](NC(=O)CCCCCN1OC=CO1)C(=O)N[C@H](C)C(=O)O. The van der Waals surface area contributed by atoms with Gasteiger partial charge in [0, 0.05) is 11.6 Å². The summed E-state index contributed by atoms with van der Waals surface area (Å²) in [6.45, 7) is 5.56. The molecule has 9 nitrogen and oxygen atoms in total. The number of carboxylic acids is 1. The molecule has 142 valence electrons. The van der Waals surface area contributed by atoms with Crippen LogP contribution < -0.4 is 10.6 Å². The molecule has 1 aliphatic rings. The van der Waals surface area contributed by atoms with E-state index in [2.05, 4.69) is 10.6 Å². The summed E-state index contributed by atoms with van der Waals surface area (Å²) in [6.07, 6.45) is 5.46. The van der Waals surface area contributed by atoms with Crippen molar-refractivity contribution in [1.82, 2.24) is 15.9 Å². The first-order valence-electron chi connectivity index (χ1n) is 8.40. The van der Waals surface area contributed by atoms with Gasteiger partial charge in [0.05, 0.1) is 6.54 Å². The summed E-state index contributed by atoms with van der Waals surface area (Å²) in [7, 11) is 0. The van der Waals surface area contributed by atoms with Crippen molar-refractivity contribution in [3.05, 3.63) is 12.5 Å². The second-order valence-electron chi connectivity index (χ2n) is 6.21. The van der Waals surface area contributed by atoms with Crippen molar-refractivity contribution < 1.29 is 29.2 Å². The molecule has 0 radical (unpaired) electrons. The van der Waals surface area contributed by atoms with Gasteiger partial charge in [-0.25, -0.2) is 0 Å². The molecule has 0 aromatic carbocycles. The molecule has 0 saturated heterocycles. The first-order valence-corrected chi connectivity index (χ1v) is 8.40. The summed E-state index contributed by atoms with van der Waals surface area (Å²) in [4.78, 5) is 45.0. The van der Waals surface area contributed by atoms with E-state index in [1.54, 1.807) is 13.8 Å². The smallest absolute Gasteiger partial charge is 0.325 e. The average molecular weight is 357 g/mol. The van der Waals surface area contributed by atoms with Crippen molar-refractivity contribution in [3.63, 3.8) is 0 Å². The van der Waals surface area contributed by atoms with E-state index in [0.29, 0.717) is 19.4 Å². The Hall–Kier alpha value is -2.29. The maximum absolute atomic E-state index is 12.1. The van der Waals surface area contributed by atoms with Gasteiger partial charge in [0.25, 0.3) is 0 Å². The zero-order valence-electron chi connectivity index (χ0n) is 14.9. The summed E-state index contributed by atoms with van der Waals surface area (Å²) < 4.78 is 0. The van der Waals surface area contributed by atoms with Gasteiger partial charge in [-0.15, -0.1) is 0 Å². The van der Waals surface area contributed by atoms with E-state index in [1.165, 1.54) is 24.7 Å². The van der Waals surface area contributed by atoms with Crippen LogP contribution in [0.4, 0.5) is 0 Å². The van der Waals surface area contributed by atoms with Gasteiger partial charge in [0.15, 0.2) is 12.5 Å². The lowest BCUT2D eigenvalue weighted by molar-refractivity contribution is -0.284. The number of carbonyl (C=O) groups is 3. The van der Waals surface area contributed by atoms with E-state index in [-0.39, 0.29) is 11.8 Å². The Kier molecular flexibility index (Phi) is 8.76. The van der Waals surface area contributed by atoms with Crippen LogP contribution in [-0.4, -0.2) is 46.7 Å². The van der Waals surface area contributed by atoms with Gasteiger partial charge in [-0.05, 0) is 25.7 Å². The van der Waals surface area contributed by atoms with Gasteiger partial charge < -0.3 is 25.4 Å². The maximum Gasteiger partial charge on any atom is 0.325 e. The molecule has 0 unspecified atom stereocenters. The average Bonchev–Trinajstić information content (AvgIpc) is 3.05. The molecule has 9 heteroatoms. The lowest BCUT2D eigenvalue weighted by Gasteiger charge is -2.23. The first-order chi connectivity index (χ1) is 11.8. The molecular formula is C16H27N3O6. The third-order valence-corrected chi connectivity index (χ3v) is 3.65. The standard InChI is InChI=1S/C16H27N3O6/c1-11(2)14(15(21)17-12(3)16(22)23)18-13(20)7-5-4-6-8-19-24-9-10-25-19/h9-12,14H,4-8H2,1-3H3,(H,17,21)(H,18,20)(H,22,23)/t12-,14-/m1/s1. The highest BCUT2D eigenvalue weighted by Gasteiger charge is 2.26. The summed E-state index contributed by atoms with van der Waals surface area (Å²) in [5, 5.41) is 15.3. The van der Waals surface area contributed by atoms with Crippen molar-refractivity contribution in [2.24, 2.45) is 5.92 Å². The number of amides is 2. The highest BCUT2D eigenvalue weighted by atomic mass is 17.0. The number of nitrogens with one attached hydrogen (secondary N) is 2. The maximum atomic E-state index is 12.1. The molecule has 2 amide bonds. The molecular weight excluding hydrogens is 330 g/mol. The molecule has 1 aliphatic heterocycles. The van der Waals surface area contributed by atoms with Gasteiger partial charge in [0.2, 0.25) is 11.8 Å². The van der Waals surface area contributed by atoms with Crippen molar-refractivity contribution in [1.29, 1.82) is 0 Å². The fourth-order valence-electron chi connectivity index (χ4n) is 2.16. The number of aliphatic carboxylic acids is 1. The minimum Gasteiger partial charge on any atom is -0.480 e. The summed E-state index contributed by atoms with van der Waals surface area (Å²) in [5.74, 6) is -1.99. The van der Waals surface area contributed by atoms with Crippen LogP contribution in [0.25, 0.3) is 0 Å². The zero-order valence-corrected chi connectivity index (χ0v) is 14.9. The number of rotatable bonds is 11. The van der Waals surface area contributed by atoms with E-state index < -0.39 is 24.0 Å². The number of unbranched alkanes of at least 4 members (excludes halogenated alkanes) is 2. The van der Waals surface area contributed by atoms with E-state index >= 15 is 0 Å². The molecule has 1 heterocycles. The highest BCUT2D eigenvalue weighted by molar-refractivity contribution is 5.90. The van der Waals surface area contributed by atoms with Gasteiger partial charge in [-0.2, -0.15) is 0 Å². The number of carboxylic acid groups (broad SMARTS) is 1. The van der Waals surface area contributed by atoms with E-state index in [0.717, 1.165) is 12.8 Å². The van der Waals surface area contributed by atoms with E-state index in [1.807, 2.05) is 0 Å². The van der Waals surface area contributed by atoms with Crippen molar-refractivity contribution in [3.8, 4) is 0 Å². The Morgan fingerprint density at radius 1 is 1.04 bits per heavy atom. The number of carbonyl (C=O) groups excluding carboxylic acids is 2. The van der Waals surface area contributed by atoms with Gasteiger partial charge in [-0.3, -0.25) is 14.4 Å². The van der Waals surface area contributed by atoms with Crippen LogP contribution in [0.5, 0.6) is 0 Å². The molecule has 0 bridgehead atoms. The fourth-order valence-corrected chi connectivity index (χ4v) is 2.16. The number of hydroxylamine groups is 2. The normalized spacial score (nSPS) is 16.0. The Bertz CT molecular complexity index is 486. The Morgan fingerprint density at radius 3 is 2.24 bits per heavy atom. The summed E-state index contributed by atoms with van der Waals surface area (Å²) >= 11 is 0. The van der Waals surface area contributed by atoms with E-state index in [9.17, 15) is 14.4 Å². The minimum atomic E-state index is -1.12. The topological polar surface area (TPSA) is 117 Å². The minimum absolute atomic E-state index is 0.151. The molecule has 25 heavy (non-hydrogen) atoms. The van der Waals surface area contributed by atoms with Crippen LogP contribution in [-0.2, 0) is 24.1 Å². The number of hydrogen-bond donors (Lipinski definition) is 3. The molecule has 0 aromatic heterocycles. The summed E-state index contributed by atoms with van der Waals surface area (Å²) in [6, 6.07) is -1.76. The molecule has 0 fully saturated rings. The molecule has 1 rings (SSSR count). The van der Waals surface area contributed by atoms with Crippen LogP contribution in [0.3, 0.4) is 0 Å². The molecule has 0 spiro atoms. The van der Waals surface area contributed by atoms with Gasteiger partial charge >= 0.3 is 5.97 Å². The zero-order chi connectivity index (χ0) is 18.8. The first kappa shape index (κ1) is 20.8. The van der Waals surface area contributed by atoms with Crippen LogP contribution in [0.15, 0.2) is 12.5 Å². The monoisotopic (exact) mass is 357 g/mol. The Morgan fingerprint density at radius 2 is 1.68 bits per heavy atom. The van der Waals surface area contributed by atoms with Crippen molar-refractivity contribution in [2.75, 3.05) is 6.54 Å². The summed E-state index contributed by atoms with van der Waals surface area (Å²) in [5.41, 5.74) is 0. The van der Waals surface area contributed by atoms with Crippen LogP contribution in [0.2, 0.25) is 0 Å². The molecule has 0 aliphatic carbocycles. The molecule has 3 N–H and O–H groups in total. The fraction of sp³-hybridized carbons (Fsp3) is 0.688. The molecule has 0 saturated carbocycles. The predicted octanol–water partition coefficient (Wildman–Crippen LogP) is 0.927. The molecule has 0 aromatic rings. The largest absolute Gasteiger partial charge is 0.480 e. The lowest BCUT2D eigenvalue weighted by Crippen LogP contribution is -2.53. The van der Waals surface area contributed by atoms with Crippen LogP contribution >= 0.6 is 0 Å². The lowest BCUT2D eigenvalue weighted by atomic mass is 10.0. The number of hydrogen-bond acceptors (Lipinski definition) is 6. The third kappa shape index (κ3) is 7.88. The Balaban J connectivity index is 2.27. The Labute approximate surface area is 147 Å². The second-order valence-corrected chi connectivity index (χ2v) is 6.21. The predicted molar refractivity (Wildman–Crippen MR) is 88.5 cm³/mol. The molecule has 2 atom stereocenters. The van der Waals surface area contributed by atoms with Gasteiger partial charge in [-0.1, -0.05) is 20.3 Å². The number of nitrogens with zero attached hydrogens (tertiary/aromatic N) is 1. The van der Waals surface area contributed by atoms with E-state index in [4.69, 9.17) is 14.8 Å². The van der Waals surface area contributed by atoms with Crippen LogP contribution in [0.1, 0.15) is 46.5 Å². The third-order valence-electron chi connectivity index (χ3n) is 3.65. The quantitative estimate of drug-likeness (QED) is 0.471. The van der Waals surface area contributed by atoms with Crippen LogP contribution in [0, 0.1) is 5.92 Å². The van der Waals surface area contributed by atoms with Crippen molar-refractivity contribution in [2.45, 2.75) is 58.5 Å². The van der Waals surface area contributed by atoms with Gasteiger partial charge in [0.1, 0.15) is 12.1 Å². The van der Waals surface area contributed by atoms with Crippen molar-refractivity contribution >= 4 is 17.8 Å².